The molecule has 1 aromatic heterocycles. The summed E-state index contributed by atoms with van der Waals surface area (Å²) in [4.78, 5) is 29.8. The zero-order chi connectivity index (χ0) is 26.2. The van der Waals surface area contributed by atoms with E-state index >= 15 is 0 Å². The van der Waals surface area contributed by atoms with Crippen LogP contribution in [-0.4, -0.2) is 30.0 Å². The number of fused-ring (bicyclic) bond motifs is 1. The average molecular weight is 540 g/mol. The van der Waals surface area contributed by atoms with Gasteiger partial charge in [-0.2, -0.15) is 13.2 Å². The molecule has 1 aliphatic heterocycles. The molecule has 4 rings (SSSR count). The molecule has 2 aromatic carbocycles. The highest BCUT2D eigenvalue weighted by Crippen LogP contribution is 2.40. The van der Waals surface area contributed by atoms with Gasteiger partial charge < -0.3 is 25.1 Å². The summed E-state index contributed by atoms with van der Waals surface area (Å²) in [6.07, 6.45) is -4.83. The average Bonchev–Trinajstić information content (AvgIpc) is 3.26. The van der Waals surface area contributed by atoms with E-state index in [4.69, 9.17) is 26.8 Å². The molecule has 0 saturated heterocycles. The number of carbonyl (C=O) groups is 1. The molecule has 0 aliphatic carbocycles. The van der Waals surface area contributed by atoms with Crippen molar-refractivity contribution in [3.63, 3.8) is 0 Å². The van der Waals surface area contributed by atoms with E-state index in [-0.39, 0.29) is 29.6 Å². The number of halogens is 4. The molecule has 0 atom stereocenters. The van der Waals surface area contributed by atoms with Crippen LogP contribution in [0.15, 0.2) is 51.0 Å². The Kier molecular flexibility index (Phi) is 7.26. The van der Waals surface area contributed by atoms with Crippen LogP contribution in [0, 0.1) is 0 Å². The van der Waals surface area contributed by atoms with E-state index < -0.39 is 28.9 Å². The molecule has 3 N–H and O–H groups in total. The topological polar surface area (TPSA) is 97.7 Å². The lowest BCUT2D eigenvalue weighted by molar-refractivity contribution is -0.141. The summed E-state index contributed by atoms with van der Waals surface area (Å²) in [5, 5.41) is 0.239. The van der Waals surface area contributed by atoms with Crippen molar-refractivity contribution in [2.45, 2.75) is 35.6 Å². The van der Waals surface area contributed by atoms with E-state index in [1.54, 1.807) is 30.3 Å². The highest BCUT2D eigenvalue weighted by molar-refractivity contribution is 7.99. The Hall–Kier alpha value is -3.15. The molecular formula is C24H21ClF3N3O4S. The van der Waals surface area contributed by atoms with Crippen molar-refractivity contribution >= 4 is 29.3 Å². The number of H-pyrrole nitrogens is 1. The Bertz CT molecular complexity index is 1360. The number of hydrogen-bond acceptors (Lipinski definition) is 6. The first-order valence-corrected chi connectivity index (χ1v) is 11.8. The van der Waals surface area contributed by atoms with E-state index in [1.807, 2.05) is 4.98 Å². The number of aromatic nitrogens is 1. The van der Waals surface area contributed by atoms with Crippen molar-refractivity contribution in [1.29, 1.82) is 0 Å². The molecule has 1 aliphatic rings. The molecule has 0 bridgehead atoms. The molecule has 12 heteroatoms. The van der Waals surface area contributed by atoms with Crippen LogP contribution in [0.2, 0.25) is 5.02 Å². The molecule has 3 aromatic rings. The number of rotatable bonds is 6. The number of amides is 1. The van der Waals surface area contributed by atoms with Crippen LogP contribution in [0.25, 0.3) is 0 Å². The van der Waals surface area contributed by atoms with E-state index in [1.165, 1.54) is 19.1 Å². The van der Waals surface area contributed by atoms with Crippen LogP contribution in [-0.2, 0) is 25.8 Å². The SMILES string of the molecule is COc1cc2c(cc1OC)CN(C(=O)c1c(Sc3c(Cl)cccc3CN)cc(C(F)(F)F)[nH]c1=O)C2. The number of nitrogens with two attached hydrogens (primary N) is 1. The number of alkyl halides is 3. The first-order valence-electron chi connectivity index (χ1n) is 10.6. The second-order valence-corrected chi connectivity index (χ2v) is 9.38. The molecule has 0 fully saturated rings. The van der Waals surface area contributed by atoms with E-state index in [2.05, 4.69) is 0 Å². The molecule has 36 heavy (non-hydrogen) atoms. The zero-order valence-corrected chi connectivity index (χ0v) is 20.7. The van der Waals surface area contributed by atoms with Crippen LogP contribution in [0.5, 0.6) is 11.5 Å². The molecule has 0 saturated carbocycles. The normalized spacial score (nSPS) is 13.0. The predicted molar refractivity (Wildman–Crippen MR) is 129 cm³/mol. The number of carbonyl (C=O) groups excluding carboxylic acids is 1. The number of hydrogen-bond donors (Lipinski definition) is 2. The molecule has 2 heterocycles. The van der Waals surface area contributed by atoms with Crippen molar-refractivity contribution < 1.29 is 27.4 Å². The quantitative estimate of drug-likeness (QED) is 0.466. The van der Waals surface area contributed by atoms with Crippen molar-refractivity contribution in [3.05, 3.63) is 79.7 Å². The molecule has 7 nitrogen and oxygen atoms in total. The number of methoxy groups -OCH3 is 2. The first-order chi connectivity index (χ1) is 17.1. The number of nitrogens with zero attached hydrogens (tertiary/aromatic N) is 1. The molecule has 0 unspecified atom stereocenters. The summed E-state index contributed by atoms with van der Waals surface area (Å²) in [5.41, 5.74) is 5.06. The van der Waals surface area contributed by atoms with E-state index in [0.29, 0.717) is 22.0 Å². The summed E-state index contributed by atoms with van der Waals surface area (Å²) in [7, 11) is 2.97. The minimum absolute atomic E-state index is 0.0621. The summed E-state index contributed by atoms with van der Waals surface area (Å²) in [6, 6.07) is 9.09. The minimum atomic E-state index is -4.83. The fraction of sp³-hybridized carbons (Fsp3) is 0.250. The second-order valence-electron chi connectivity index (χ2n) is 7.92. The van der Waals surface area contributed by atoms with Gasteiger partial charge in [-0.1, -0.05) is 35.5 Å². The van der Waals surface area contributed by atoms with Crippen LogP contribution in [0.4, 0.5) is 13.2 Å². The molecular weight excluding hydrogens is 519 g/mol. The van der Waals surface area contributed by atoms with Gasteiger partial charge in [-0.15, -0.1) is 0 Å². The van der Waals surface area contributed by atoms with Gasteiger partial charge in [0.15, 0.2) is 11.5 Å². The molecule has 0 radical (unpaired) electrons. The van der Waals surface area contributed by atoms with Gasteiger partial charge in [-0.25, -0.2) is 0 Å². The fourth-order valence-electron chi connectivity index (χ4n) is 3.94. The van der Waals surface area contributed by atoms with E-state index in [0.717, 1.165) is 29.0 Å². The Morgan fingerprint density at radius 1 is 1.14 bits per heavy atom. The standard InChI is InChI=1S/C24H21ClF3N3O4S/c1-34-16-6-13-10-31(11-14(13)7-17(16)35-2)23(33)20-18(8-19(24(26,27)28)30-22(20)32)36-21-12(9-29)4-3-5-15(21)25/h3-8H,9-11,29H2,1-2H3,(H,30,32). The zero-order valence-electron chi connectivity index (χ0n) is 19.2. The summed E-state index contributed by atoms with van der Waals surface area (Å²) < 4.78 is 51.2. The maximum absolute atomic E-state index is 13.5. The Balaban J connectivity index is 1.78. The Morgan fingerprint density at radius 2 is 1.75 bits per heavy atom. The van der Waals surface area contributed by atoms with Gasteiger partial charge >= 0.3 is 6.18 Å². The third-order valence-electron chi connectivity index (χ3n) is 5.71. The number of pyridine rings is 1. The first kappa shape index (κ1) is 25.9. The summed E-state index contributed by atoms with van der Waals surface area (Å²) in [5.74, 6) is 0.229. The number of nitrogens with one attached hydrogen (secondary N) is 1. The van der Waals surface area contributed by atoms with E-state index in [9.17, 15) is 22.8 Å². The molecule has 0 spiro atoms. The fourth-order valence-corrected chi connectivity index (χ4v) is 5.37. The summed E-state index contributed by atoms with van der Waals surface area (Å²) >= 11 is 7.10. The van der Waals surface area contributed by atoms with Gasteiger partial charge in [0.2, 0.25) is 0 Å². The minimum Gasteiger partial charge on any atom is -0.493 e. The highest BCUT2D eigenvalue weighted by atomic mass is 35.5. The van der Waals surface area contributed by atoms with Crippen molar-refractivity contribution in [2.75, 3.05) is 14.2 Å². The lowest BCUT2D eigenvalue weighted by Gasteiger charge is -2.19. The van der Waals surface area contributed by atoms with Crippen LogP contribution < -0.4 is 20.8 Å². The van der Waals surface area contributed by atoms with Crippen LogP contribution in [0.1, 0.15) is 32.7 Å². The van der Waals surface area contributed by atoms with Crippen LogP contribution in [0.3, 0.4) is 0 Å². The van der Waals surface area contributed by atoms with Gasteiger partial charge in [0.05, 0.1) is 19.2 Å². The monoisotopic (exact) mass is 539 g/mol. The van der Waals surface area contributed by atoms with Gasteiger partial charge in [0, 0.05) is 29.4 Å². The molecule has 190 valence electrons. The predicted octanol–water partition coefficient (Wildman–Crippen LogP) is 4.83. The van der Waals surface area contributed by atoms with Crippen molar-refractivity contribution in [3.8, 4) is 11.5 Å². The number of ether oxygens (including phenoxy) is 2. The number of aromatic amines is 1. The maximum Gasteiger partial charge on any atom is 0.431 e. The largest absolute Gasteiger partial charge is 0.493 e. The lowest BCUT2D eigenvalue weighted by atomic mass is 10.1. The van der Waals surface area contributed by atoms with Crippen LogP contribution >= 0.6 is 23.4 Å². The van der Waals surface area contributed by atoms with Gasteiger partial charge in [-0.05, 0) is 41.0 Å². The van der Waals surface area contributed by atoms with Crippen molar-refractivity contribution in [1.82, 2.24) is 9.88 Å². The number of benzene rings is 2. The third kappa shape index (κ3) is 4.91. The summed E-state index contributed by atoms with van der Waals surface area (Å²) in [6.45, 7) is 0.338. The molecule has 1 amide bonds. The third-order valence-corrected chi connectivity index (χ3v) is 7.37. The van der Waals surface area contributed by atoms with Crippen molar-refractivity contribution in [2.24, 2.45) is 5.73 Å². The lowest BCUT2D eigenvalue weighted by Crippen LogP contribution is -2.32. The Labute approximate surface area is 213 Å². The maximum atomic E-state index is 13.5. The highest BCUT2D eigenvalue weighted by Gasteiger charge is 2.36. The van der Waals surface area contributed by atoms with Gasteiger partial charge in [0.25, 0.3) is 11.5 Å². The van der Waals surface area contributed by atoms with Gasteiger partial charge in [0.1, 0.15) is 11.3 Å². The Morgan fingerprint density at radius 3 is 2.28 bits per heavy atom. The van der Waals surface area contributed by atoms with Gasteiger partial charge in [-0.3, -0.25) is 9.59 Å². The smallest absolute Gasteiger partial charge is 0.431 e. The second kappa shape index (κ2) is 10.1.